The summed E-state index contributed by atoms with van der Waals surface area (Å²) in [6.07, 6.45) is 0.612. The van der Waals surface area contributed by atoms with E-state index in [1.165, 1.54) is 29.1 Å². The first-order chi connectivity index (χ1) is 13.2. The zero-order valence-corrected chi connectivity index (χ0v) is 15.3. The molecule has 2 heterocycles. The van der Waals surface area contributed by atoms with Crippen LogP contribution in [0.3, 0.4) is 0 Å². The maximum Gasteiger partial charge on any atom is 0.341 e. The molecule has 0 radical (unpaired) electrons. The van der Waals surface area contributed by atoms with Gasteiger partial charge in [-0.2, -0.15) is 4.57 Å². The average molecular weight is 401 g/mol. The van der Waals surface area contributed by atoms with Crippen molar-refractivity contribution >= 4 is 11.9 Å². The fraction of sp³-hybridized carbons (Fsp3) is 0.588. The lowest BCUT2D eigenvalue weighted by atomic mass is 10.1. The zero-order valence-electron chi connectivity index (χ0n) is 15.3. The molecule has 0 bridgehead atoms. The molecule has 158 valence electrons. The van der Waals surface area contributed by atoms with Gasteiger partial charge in [-0.05, 0) is 25.5 Å². The fourth-order valence-electron chi connectivity index (χ4n) is 2.53. The average Bonchev–Trinajstić information content (AvgIpc) is 2.97. The number of aromatic carboxylic acids is 1. The molecule has 1 aromatic rings. The van der Waals surface area contributed by atoms with E-state index in [-0.39, 0.29) is 5.56 Å². The molecular formula is C17H27N3O8. The summed E-state index contributed by atoms with van der Waals surface area (Å²) in [6.45, 7) is 0.160. The molecule has 8 N–H and O–H groups in total. The highest BCUT2D eigenvalue weighted by atomic mass is 16.6. The van der Waals surface area contributed by atoms with Gasteiger partial charge in [-0.3, -0.25) is 0 Å². The van der Waals surface area contributed by atoms with E-state index in [2.05, 4.69) is 0 Å². The number of carbonyl (C=O) groups excluding carboxylic acids is 1. The molecule has 0 aromatic carbocycles. The van der Waals surface area contributed by atoms with Crippen molar-refractivity contribution in [3.63, 3.8) is 0 Å². The number of hydrogen-bond donors (Lipinski definition) is 6. The van der Waals surface area contributed by atoms with Crippen molar-refractivity contribution in [3.8, 4) is 0 Å². The standard InChI is InChI=1S/C11H13NO6.C6H14N2O2/c13-5-7-8(14)9(15)10(18-7)12-3-1-2-6(4-12)11(16)17;7-4-2-1-3-5(8)6(9)10/h1-4,7-10,13-15H,5H2;5H,1-4,7-8H2,(H,9,10)/t7-,8-,9-,10-;/m1./s1. The van der Waals surface area contributed by atoms with Crippen LogP contribution in [0.25, 0.3) is 0 Å². The summed E-state index contributed by atoms with van der Waals surface area (Å²) in [5, 5.41) is 47.2. The Kier molecular flexibility index (Phi) is 9.93. The third-order valence-corrected chi connectivity index (χ3v) is 4.15. The van der Waals surface area contributed by atoms with Crippen LogP contribution in [0.1, 0.15) is 35.8 Å². The van der Waals surface area contributed by atoms with Crippen molar-refractivity contribution in [2.24, 2.45) is 11.5 Å². The molecule has 2 rings (SSSR count). The van der Waals surface area contributed by atoms with Crippen molar-refractivity contribution < 1.29 is 44.4 Å². The second kappa shape index (κ2) is 11.6. The van der Waals surface area contributed by atoms with Gasteiger partial charge in [0.05, 0.1) is 12.6 Å². The Balaban J connectivity index is 0.000000336. The van der Waals surface area contributed by atoms with E-state index in [9.17, 15) is 24.9 Å². The van der Waals surface area contributed by atoms with Crippen LogP contribution in [-0.4, -0.2) is 69.9 Å². The zero-order chi connectivity index (χ0) is 21.3. The highest BCUT2D eigenvalue weighted by molar-refractivity contribution is 5.86. The van der Waals surface area contributed by atoms with E-state index in [1.807, 2.05) is 0 Å². The smallest absolute Gasteiger partial charge is 0.341 e. The molecule has 1 aliphatic rings. The number of aliphatic hydroxyl groups excluding tert-OH is 3. The number of carboxylic acid groups (broad SMARTS) is 2. The monoisotopic (exact) mass is 401 g/mol. The van der Waals surface area contributed by atoms with Gasteiger partial charge in [0.25, 0.3) is 6.23 Å². The van der Waals surface area contributed by atoms with Crippen LogP contribution in [0.2, 0.25) is 0 Å². The van der Waals surface area contributed by atoms with Gasteiger partial charge < -0.3 is 46.5 Å². The van der Waals surface area contributed by atoms with Crippen molar-refractivity contribution in [1.82, 2.24) is 0 Å². The Bertz CT molecular complexity index is 645. The number of carbonyl (C=O) groups is 2. The summed E-state index contributed by atoms with van der Waals surface area (Å²) >= 11 is 0. The fourth-order valence-corrected chi connectivity index (χ4v) is 2.53. The van der Waals surface area contributed by atoms with Crippen LogP contribution < -0.4 is 21.1 Å². The van der Waals surface area contributed by atoms with Crippen LogP contribution >= 0.6 is 0 Å². The number of rotatable bonds is 8. The lowest BCUT2D eigenvalue weighted by molar-refractivity contribution is -0.765. The number of nitrogens with zero attached hydrogens (tertiary/aromatic N) is 1. The van der Waals surface area contributed by atoms with Crippen molar-refractivity contribution in [1.29, 1.82) is 0 Å². The maximum absolute atomic E-state index is 10.8. The van der Waals surface area contributed by atoms with Crippen molar-refractivity contribution in [3.05, 3.63) is 30.1 Å². The predicted octanol–water partition coefficient (Wildman–Crippen LogP) is -3.52. The topological polar surface area (TPSA) is 203 Å². The molecule has 5 atom stereocenters. The molecule has 0 saturated carbocycles. The third-order valence-electron chi connectivity index (χ3n) is 4.15. The number of ether oxygens (including phenoxy) is 1. The molecule has 0 amide bonds. The van der Waals surface area contributed by atoms with Crippen LogP contribution in [-0.2, 0) is 9.53 Å². The van der Waals surface area contributed by atoms with Crippen molar-refractivity contribution in [2.45, 2.75) is 49.8 Å². The third kappa shape index (κ3) is 6.78. The first-order valence-corrected chi connectivity index (χ1v) is 8.76. The summed E-state index contributed by atoms with van der Waals surface area (Å²) in [7, 11) is 0. The number of pyridine rings is 1. The van der Waals surface area contributed by atoms with E-state index >= 15 is 0 Å². The normalized spacial score (nSPS) is 24.9. The lowest BCUT2D eigenvalue weighted by Crippen LogP contribution is -2.46. The Hall–Kier alpha value is -2.15. The summed E-state index contributed by atoms with van der Waals surface area (Å²) in [5.41, 5.74) is 10.4. The number of aliphatic carboxylic acids is 1. The molecular weight excluding hydrogens is 374 g/mol. The second-order valence-corrected chi connectivity index (χ2v) is 6.28. The molecule has 28 heavy (non-hydrogen) atoms. The van der Waals surface area contributed by atoms with Gasteiger partial charge in [-0.15, -0.1) is 0 Å². The molecule has 0 aliphatic carbocycles. The van der Waals surface area contributed by atoms with E-state index in [1.54, 1.807) is 0 Å². The number of unbranched alkanes of at least 4 members (excludes halogenated alkanes) is 1. The van der Waals surface area contributed by atoms with Crippen LogP contribution in [0.5, 0.6) is 0 Å². The minimum Gasteiger partial charge on any atom is -0.548 e. The first kappa shape index (κ1) is 23.9. The van der Waals surface area contributed by atoms with Gasteiger partial charge in [0.1, 0.15) is 17.8 Å². The molecule has 1 fully saturated rings. The van der Waals surface area contributed by atoms with Crippen LogP contribution in [0, 0.1) is 0 Å². The molecule has 1 saturated heterocycles. The Morgan fingerprint density at radius 1 is 1.29 bits per heavy atom. The maximum atomic E-state index is 10.8. The number of hydrogen-bond acceptors (Lipinski definition) is 9. The summed E-state index contributed by atoms with van der Waals surface area (Å²) in [6, 6.07) is 2.07. The molecule has 1 unspecified atom stereocenters. The number of nitrogens with two attached hydrogens (primary N) is 2. The Labute approximate surface area is 161 Å². The molecule has 1 aromatic heterocycles. The van der Waals surface area contributed by atoms with Crippen molar-refractivity contribution in [2.75, 3.05) is 13.2 Å². The number of aromatic nitrogens is 1. The molecule has 1 aliphatic heterocycles. The molecule has 11 nitrogen and oxygen atoms in total. The van der Waals surface area contributed by atoms with Gasteiger partial charge >= 0.3 is 5.97 Å². The minimum absolute atomic E-state index is 0.0373. The number of aliphatic hydroxyl groups is 3. The quantitative estimate of drug-likeness (QED) is 0.187. The van der Waals surface area contributed by atoms with Gasteiger partial charge in [0, 0.05) is 12.1 Å². The summed E-state index contributed by atoms with van der Waals surface area (Å²) in [4.78, 5) is 20.9. The number of carboxylic acids is 2. The lowest BCUT2D eigenvalue weighted by Gasteiger charge is -2.10. The Morgan fingerprint density at radius 2 is 1.96 bits per heavy atom. The predicted molar refractivity (Wildman–Crippen MR) is 92.5 cm³/mol. The highest BCUT2D eigenvalue weighted by Gasteiger charge is 2.47. The van der Waals surface area contributed by atoms with Crippen LogP contribution in [0.15, 0.2) is 24.5 Å². The van der Waals surface area contributed by atoms with Gasteiger partial charge in [0.2, 0.25) is 0 Å². The van der Waals surface area contributed by atoms with E-state index in [0.29, 0.717) is 13.0 Å². The molecule has 11 heteroatoms. The first-order valence-electron chi connectivity index (χ1n) is 8.76. The van der Waals surface area contributed by atoms with Gasteiger partial charge in [0.15, 0.2) is 18.5 Å². The van der Waals surface area contributed by atoms with E-state index in [0.717, 1.165) is 12.8 Å². The summed E-state index contributed by atoms with van der Waals surface area (Å²) < 4.78 is 6.63. The van der Waals surface area contributed by atoms with E-state index < -0.39 is 49.1 Å². The largest absolute Gasteiger partial charge is 0.548 e. The van der Waals surface area contributed by atoms with Gasteiger partial charge in [-0.1, -0.05) is 6.42 Å². The van der Waals surface area contributed by atoms with Crippen LogP contribution in [0.4, 0.5) is 0 Å². The SMILES string of the molecule is NCCCCC(N)C(=O)[O-].O=C(O)c1ccc[n+]([C@@H]2O[C@H](CO)[C@@H](O)[C@H]2O)c1. The highest BCUT2D eigenvalue weighted by Crippen LogP contribution is 2.25. The second-order valence-electron chi connectivity index (χ2n) is 6.28. The molecule has 0 spiro atoms. The minimum atomic E-state index is -1.23. The summed E-state index contributed by atoms with van der Waals surface area (Å²) in [5.74, 6) is -2.28. The van der Waals surface area contributed by atoms with Gasteiger partial charge in [-0.25, -0.2) is 4.79 Å². The Morgan fingerprint density at radius 3 is 2.46 bits per heavy atom. The van der Waals surface area contributed by atoms with E-state index in [4.69, 9.17) is 26.4 Å².